The summed E-state index contributed by atoms with van der Waals surface area (Å²) in [5.41, 5.74) is 1.78. The molecule has 0 aliphatic carbocycles. The van der Waals surface area contributed by atoms with E-state index in [1.165, 1.54) is 6.20 Å². The SMILES string of the molecule is Cc1ccc2c(C(=O)C(F)F)c[nH]c2c1. The summed E-state index contributed by atoms with van der Waals surface area (Å²) in [6.45, 7) is 1.90. The molecule has 1 aromatic carbocycles. The fourth-order valence-electron chi connectivity index (χ4n) is 1.56. The van der Waals surface area contributed by atoms with Crippen LogP contribution in [0.3, 0.4) is 0 Å². The minimum atomic E-state index is -2.95. The van der Waals surface area contributed by atoms with E-state index < -0.39 is 12.2 Å². The summed E-state index contributed by atoms with van der Waals surface area (Å²) in [5, 5.41) is 0.547. The fraction of sp³-hybridized carbons (Fsp3) is 0.182. The van der Waals surface area contributed by atoms with Gasteiger partial charge >= 0.3 is 6.43 Å². The monoisotopic (exact) mass is 209 g/mol. The summed E-state index contributed by atoms with van der Waals surface area (Å²) in [4.78, 5) is 13.9. The maximum atomic E-state index is 12.2. The molecule has 0 bridgehead atoms. The van der Waals surface area contributed by atoms with Crippen LogP contribution in [0.15, 0.2) is 24.4 Å². The average molecular weight is 209 g/mol. The van der Waals surface area contributed by atoms with Gasteiger partial charge in [0.05, 0.1) is 0 Å². The topological polar surface area (TPSA) is 32.9 Å². The minimum absolute atomic E-state index is 0.0556. The number of benzene rings is 1. The summed E-state index contributed by atoms with van der Waals surface area (Å²) in [6.07, 6.45) is -1.62. The Morgan fingerprint density at radius 3 is 2.80 bits per heavy atom. The third-order valence-electron chi connectivity index (χ3n) is 2.30. The van der Waals surface area contributed by atoms with Crippen LogP contribution in [0.5, 0.6) is 0 Å². The highest BCUT2D eigenvalue weighted by Gasteiger charge is 2.20. The molecule has 0 aliphatic rings. The Labute approximate surface area is 84.9 Å². The van der Waals surface area contributed by atoms with Crippen LogP contribution in [0.25, 0.3) is 10.9 Å². The van der Waals surface area contributed by atoms with Crippen molar-refractivity contribution < 1.29 is 13.6 Å². The smallest absolute Gasteiger partial charge is 0.300 e. The van der Waals surface area contributed by atoms with Crippen LogP contribution in [0, 0.1) is 6.92 Å². The Balaban J connectivity index is 2.59. The number of hydrogen-bond donors (Lipinski definition) is 1. The second kappa shape index (κ2) is 3.46. The van der Waals surface area contributed by atoms with Crippen molar-refractivity contribution in [1.29, 1.82) is 0 Å². The lowest BCUT2D eigenvalue weighted by Crippen LogP contribution is -2.09. The van der Waals surface area contributed by atoms with Gasteiger partial charge in [0.15, 0.2) is 0 Å². The number of ketones is 1. The van der Waals surface area contributed by atoms with Gasteiger partial charge in [-0.05, 0) is 18.6 Å². The van der Waals surface area contributed by atoms with Crippen molar-refractivity contribution >= 4 is 16.7 Å². The predicted molar refractivity (Wildman–Crippen MR) is 53.4 cm³/mol. The maximum Gasteiger partial charge on any atom is 0.300 e. The first-order valence-electron chi connectivity index (χ1n) is 4.49. The predicted octanol–water partition coefficient (Wildman–Crippen LogP) is 2.92. The summed E-state index contributed by atoms with van der Waals surface area (Å²) in [6, 6.07) is 5.28. The van der Waals surface area contributed by atoms with Crippen LogP contribution in [-0.2, 0) is 0 Å². The molecule has 0 aliphatic heterocycles. The third-order valence-corrected chi connectivity index (χ3v) is 2.30. The van der Waals surface area contributed by atoms with Gasteiger partial charge < -0.3 is 4.98 Å². The molecule has 0 spiro atoms. The van der Waals surface area contributed by atoms with E-state index in [1.807, 2.05) is 13.0 Å². The van der Waals surface area contributed by atoms with Gasteiger partial charge in [-0.15, -0.1) is 0 Å². The Morgan fingerprint density at radius 1 is 1.40 bits per heavy atom. The van der Waals surface area contributed by atoms with Gasteiger partial charge in [0.2, 0.25) is 5.78 Å². The van der Waals surface area contributed by atoms with Crippen molar-refractivity contribution in [1.82, 2.24) is 4.98 Å². The summed E-state index contributed by atoms with van der Waals surface area (Å²) < 4.78 is 24.5. The number of H-pyrrole nitrogens is 1. The second-order valence-electron chi connectivity index (χ2n) is 3.42. The molecule has 15 heavy (non-hydrogen) atoms. The van der Waals surface area contributed by atoms with Crippen LogP contribution in [0.4, 0.5) is 8.78 Å². The maximum absolute atomic E-state index is 12.2. The van der Waals surface area contributed by atoms with E-state index in [9.17, 15) is 13.6 Å². The summed E-state index contributed by atoms with van der Waals surface area (Å²) >= 11 is 0. The first kappa shape index (κ1) is 9.83. The molecule has 2 nitrogen and oxygen atoms in total. The zero-order valence-electron chi connectivity index (χ0n) is 8.05. The van der Waals surface area contributed by atoms with Gasteiger partial charge in [0.25, 0.3) is 0 Å². The molecule has 0 amide bonds. The number of carbonyl (C=O) groups is 1. The minimum Gasteiger partial charge on any atom is -0.360 e. The normalized spacial score (nSPS) is 11.2. The number of rotatable bonds is 2. The van der Waals surface area contributed by atoms with Gasteiger partial charge in [0, 0.05) is 22.7 Å². The zero-order valence-corrected chi connectivity index (χ0v) is 8.05. The Morgan fingerprint density at radius 2 is 2.13 bits per heavy atom. The highest BCUT2D eigenvalue weighted by molar-refractivity contribution is 6.09. The zero-order chi connectivity index (χ0) is 11.0. The van der Waals surface area contributed by atoms with Crippen LogP contribution < -0.4 is 0 Å². The van der Waals surface area contributed by atoms with E-state index in [-0.39, 0.29) is 5.56 Å². The largest absolute Gasteiger partial charge is 0.360 e. The van der Waals surface area contributed by atoms with Gasteiger partial charge in [-0.2, -0.15) is 0 Å². The second-order valence-corrected chi connectivity index (χ2v) is 3.42. The number of nitrogens with one attached hydrogen (secondary N) is 1. The Kier molecular flexibility index (Phi) is 2.26. The van der Waals surface area contributed by atoms with Crippen molar-refractivity contribution in [2.45, 2.75) is 13.3 Å². The molecule has 78 valence electrons. The molecule has 0 saturated heterocycles. The van der Waals surface area contributed by atoms with Crippen LogP contribution in [0.1, 0.15) is 15.9 Å². The quantitative estimate of drug-likeness (QED) is 0.758. The van der Waals surface area contributed by atoms with Crippen molar-refractivity contribution in [3.63, 3.8) is 0 Å². The standard InChI is InChI=1S/C11H9F2NO/c1-6-2-3-7-8(10(15)11(12)13)5-14-9(7)4-6/h2-5,11,14H,1H3. The van der Waals surface area contributed by atoms with Gasteiger partial charge in [-0.1, -0.05) is 12.1 Å². The van der Waals surface area contributed by atoms with E-state index >= 15 is 0 Å². The van der Waals surface area contributed by atoms with Crippen LogP contribution in [-0.4, -0.2) is 17.2 Å². The average Bonchev–Trinajstić information content (AvgIpc) is 2.59. The summed E-state index contributed by atoms with van der Waals surface area (Å²) in [7, 11) is 0. The van der Waals surface area contributed by atoms with Crippen LogP contribution in [0.2, 0.25) is 0 Å². The molecule has 0 fully saturated rings. The van der Waals surface area contributed by atoms with E-state index in [0.717, 1.165) is 5.56 Å². The number of aryl methyl sites for hydroxylation is 1. The molecule has 2 rings (SSSR count). The molecule has 1 aromatic heterocycles. The lowest BCUT2D eigenvalue weighted by Gasteiger charge is -1.97. The molecule has 0 radical (unpaired) electrons. The highest BCUT2D eigenvalue weighted by atomic mass is 19.3. The molecular weight excluding hydrogens is 200 g/mol. The molecule has 2 aromatic rings. The lowest BCUT2D eigenvalue weighted by molar-refractivity contribution is 0.0680. The van der Waals surface area contributed by atoms with E-state index in [0.29, 0.717) is 10.9 Å². The van der Waals surface area contributed by atoms with Crippen molar-refractivity contribution in [2.75, 3.05) is 0 Å². The van der Waals surface area contributed by atoms with E-state index in [2.05, 4.69) is 4.98 Å². The first-order chi connectivity index (χ1) is 7.09. The summed E-state index contributed by atoms with van der Waals surface area (Å²) in [5.74, 6) is -1.13. The first-order valence-corrected chi connectivity index (χ1v) is 4.49. The van der Waals surface area contributed by atoms with Crippen molar-refractivity contribution in [3.8, 4) is 0 Å². The van der Waals surface area contributed by atoms with E-state index in [1.54, 1.807) is 12.1 Å². The number of aromatic amines is 1. The number of aromatic nitrogens is 1. The molecule has 4 heteroatoms. The molecule has 0 saturated carbocycles. The fourth-order valence-corrected chi connectivity index (χ4v) is 1.56. The molecule has 0 unspecified atom stereocenters. The lowest BCUT2D eigenvalue weighted by atomic mass is 10.1. The molecule has 1 heterocycles. The van der Waals surface area contributed by atoms with Crippen molar-refractivity contribution in [3.05, 3.63) is 35.5 Å². The van der Waals surface area contributed by atoms with Crippen LogP contribution >= 0.6 is 0 Å². The Hall–Kier alpha value is -1.71. The Bertz CT molecular complexity index is 516. The molecular formula is C11H9F2NO. The van der Waals surface area contributed by atoms with Gasteiger partial charge in [0.1, 0.15) is 0 Å². The molecule has 1 N–H and O–H groups in total. The molecule has 0 atom stereocenters. The number of fused-ring (bicyclic) bond motifs is 1. The third kappa shape index (κ3) is 1.63. The van der Waals surface area contributed by atoms with Gasteiger partial charge in [-0.3, -0.25) is 4.79 Å². The van der Waals surface area contributed by atoms with E-state index in [4.69, 9.17) is 0 Å². The number of alkyl halides is 2. The number of Topliss-reactive ketones (excluding diaryl/α,β-unsaturated/α-hetero) is 1. The van der Waals surface area contributed by atoms with Crippen molar-refractivity contribution in [2.24, 2.45) is 0 Å². The van der Waals surface area contributed by atoms with Gasteiger partial charge in [-0.25, -0.2) is 8.78 Å². The number of carbonyl (C=O) groups excluding carboxylic acids is 1. The number of hydrogen-bond acceptors (Lipinski definition) is 1. The number of halogens is 2. The highest BCUT2D eigenvalue weighted by Crippen LogP contribution is 2.21.